The first-order chi connectivity index (χ1) is 11.5. The van der Waals surface area contributed by atoms with Crippen LogP contribution >= 0.6 is 0 Å². The molecule has 0 saturated heterocycles. The van der Waals surface area contributed by atoms with Gasteiger partial charge in [0.1, 0.15) is 6.61 Å². The van der Waals surface area contributed by atoms with Crippen LogP contribution in [0.4, 0.5) is 0 Å². The van der Waals surface area contributed by atoms with Gasteiger partial charge in [0, 0.05) is 0 Å². The molecule has 0 spiro atoms. The third-order valence-corrected chi connectivity index (χ3v) is 8.24. The number of hydrogen-bond acceptors (Lipinski definition) is 3. The van der Waals surface area contributed by atoms with Gasteiger partial charge < -0.3 is 9.94 Å². The average molecular weight is 332 g/mol. The SMILES string of the molecule is CCO/N=C1/C=C2CCC3C(CCC4(C)C(O)CCC34)C2(C)CC1. The standard InChI is InChI=1S/C21H33NO2/c1-4-24-22-15-9-11-20(2)14(13-15)5-6-16-17-7-8-19(23)21(17,3)12-10-18(16)20/h13,16-19,23H,4-12H2,1-3H3/b22-15+. The van der Waals surface area contributed by atoms with E-state index in [-0.39, 0.29) is 11.5 Å². The molecule has 3 fully saturated rings. The van der Waals surface area contributed by atoms with Gasteiger partial charge in [-0.1, -0.05) is 24.6 Å². The Morgan fingerprint density at radius 1 is 1.12 bits per heavy atom. The molecule has 0 aromatic carbocycles. The summed E-state index contributed by atoms with van der Waals surface area (Å²) >= 11 is 0. The van der Waals surface area contributed by atoms with Gasteiger partial charge in [0.25, 0.3) is 0 Å². The summed E-state index contributed by atoms with van der Waals surface area (Å²) in [5, 5.41) is 14.9. The van der Waals surface area contributed by atoms with Gasteiger partial charge in [-0.05, 0) is 93.0 Å². The van der Waals surface area contributed by atoms with Crippen molar-refractivity contribution in [2.24, 2.45) is 33.7 Å². The third-order valence-electron chi connectivity index (χ3n) is 8.24. The van der Waals surface area contributed by atoms with E-state index in [1.165, 1.54) is 38.5 Å². The van der Waals surface area contributed by atoms with Crippen molar-refractivity contribution in [2.45, 2.75) is 78.2 Å². The molecule has 0 amide bonds. The van der Waals surface area contributed by atoms with Crippen LogP contribution in [0.15, 0.2) is 16.8 Å². The van der Waals surface area contributed by atoms with Crippen molar-refractivity contribution in [3.05, 3.63) is 11.6 Å². The van der Waals surface area contributed by atoms with Gasteiger partial charge in [0.15, 0.2) is 0 Å². The summed E-state index contributed by atoms with van der Waals surface area (Å²) in [7, 11) is 0. The van der Waals surface area contributed by atoms with Crippen LogP contribution in [0.5, 0.6) is 0 Å². The minimum absolute atomic E-state index is 0.0653. The van der Waals surface area contributed by atoms with E-state index in [2.05, 4.69) is 25.1 Å². The second kappa shape index (κ2) is 5.86. The third kappa shape index (κ3) is 2.30. The Bertz CT molecular complexity index is 568. The van der Waals surface area contributed by atoms with Gasteiger partial charge in [-0.3, -0.25) is 0 Å². The highest BCUT2D eigenvalue weighted by molar-refractivity contribution is 5.96. The molecule has 6 atom stereocenters. The molecule has 4 aliphatic carbocycles. The van der Waals surface area contributed by atoms with Crippen LogP contribution in [0.2, 0.25) is 0 Å². The lowest BCUT2D eigenvalue weighted by Gasteiger charge is -2.57. The fourth-order valence-electron chi connectivity index (χ4n) is 6.76. The second-order valence-corrected chi connectivity index (χ2v) is 9.14. The molecule has 1 N–H and O–H groups in total. The van der Waals surface area contributed by atoms with Crippen molar-refractivity contribution in [3.63, 3.8) is 0 Å². The van der Waals surface area contributed by atoms with Crippen molar-refractivity contribution in [2.75, 3.05) is 6.61 Å². The zero-order valence-electron chi connectivity index (χ0n) is 15.6. The molecule has 0 aromatic rings. The summed E-state index contributed by atoms with van der Waals surface area (Å²) in [5.41, 5.74) is 3.30. The molecule has 0 radical (unpaired) electrons. The van der Waals surface area contributed by atoms with E-state index in [9.17, 15) is 5.11 Å². The predicted octanol–water partition coefficient (Wildman–Crippen LogP) is 4.70. The van der Waals surface area contributed by atoms with E-state index in [0.717, 1.165) is 36.3 Å². The van der Waals surface area contributed by atoms with E-state index >= 15 is 0 Å². The van der Waals surface area contributed by atoms with E-state index in [1.807, 2.05) is 6.92 Å². The fraction of sp³-hybridized carbons (Fsp3) is 0.857. The summed E-state index contributed by atoms with van der Waals surface area (Å²) in [6, 6.07) is 0. The zero-order valence-corrected chi connectivity index (χ0v) is 15.6. The molecule has 6 unspecified atom stereocenters. The Kier molecular flexibility index (Phi) is 4.06. The molecule has 0 aromatic heterocycles. The number of oxime groups is 1. The fourth-order valence-corrected chi connectivity index (χ4v) is 6.76. The molecule has 4 aliphatic rings. The first kappa shape index (κ1) is 16.6. The topological polar surface area (TPSA) is 41.8 Å². The summed E-state index contributed by atoms with van der Waals surface area (Å²) < 4.78 is 0. The smallest absolute Gasteiger partial charge is 0.114 e. The molecule has 3 nitrogen and oxygen atoms in total. The largest absolute Gasteiger partial charge is 0.396 e. The van der Waals surface area contributed by atoms with Gasteiger partial charge in [-0.2, -0.15) is 0 Å². The number of hydrogen-bond donors (Lipinski definition) is 1. The van der Waals surface area contributed by atoms with Crippen molar-refractivity contribution in [1.29, 1.82) is 0 Å². The lowest BCUT2D eigenvalue weighted by Crippen LogP contribution is -2.51. The normalized spacial score (nSPS) is 49.2. The summed E-state index contributed by atoms with van der Waals surface area (Å²) in [4.78, 5) is 5.29. The van der Waals surface area contributed by atoms with E-state index in [0.29, 0.717) is 12.0 Å². The Morgan fingerprint density at radius 2 is 1.96 bits per heavy atom. The molecule has 0 heterocycles. The second-order valence-electron chi connectivity index (χ2n) is 9.14. The molecule has 0 bridgehead atoms. The van der Waals surface area contributed by atoms with Crippen LogP contribution in [-0.2, 0) is 4.84 Å². The van der Waals surface area contributed by atoms with E-state index in [4.69, 9.17) is 4.84 Å². The highest BCUT2D eigenvalue weighted by Gasteiger charge is 2.58. The summed E-state index contributed by atoms with van der Waals surface area (Å²) in [6.07, 6.45) is 11.8. The molecule has 4 rings (SSSR count). The highest BCUT2D eigenvalue weighted by Crippen LogP contribution is 2.65. The highest BCUT2D eigenvalue weighted by atomic mass is 16.6. The number of allylic oxidation sites excluding steroid dienone is 2. The molecule has 0 aliphatic heterocycles. The molecular weight excluding hydrogens is 298 g/mol. The van der Waals surface area contributed by atoms with Crippen LogP contribution in [0.25, 0.3) is 0 Å². The van der Waals surface area contributed by atoms with Crippen molar-refractivity contribution < 1.29 is 9.94 Å². The van der Waals surface area contributed by atoms with E-state index < -0.39 is 0 Å². The van der Waals surface area contributed by atoms with Crippen LogP contribution in [0.1, 0.15) is 72.1 Å². The average Bonchev–Trinajstić information content (AvgIpc) is 2.88. The van der Waals surface area contributed by atoms with Crippen molar-refractivity contribution in [3.8, 4) is 0 Å². The molecule has 3 saturated carbocycles. The summed E-state index contributed by atoms with van der Waals surface area (Å²) in [5.74, 6) is 2.35. The molecule has 134 valence electrons. The van der Waals surface area contributed by atoms with Gasteiger partial charge in [-0.25, -0.2) is 0 Å². The van der Waals surface area contributed by atoms with Crippen LogP contribution < -0.4 is 0 Å². The number of fused-ring (bicyclic) bond motifs is 5. The Hall–Kier alpha value is -0.830. The number of aliphatic hydroxyl groups excluding tert-OH is 1. The maximum absolute atomic E-state index is 10.5. The minimum Gasteiger partial charge on any atom is -0.396 e. The number of nitrogens with zero attached hydrogens (tertiary/aromatic N) is 1. The van der Waals surface area contributed by atoms with Crippen LogP contribution in [0.3, 0.4) is 0 Å². The lowest BCUT2D eigenvalue weighted by molar-refractivity contribution is -0.0722. The lowest BCUT2D eigenvalue weighted by atomic mass is 9.47. The quantitative estimate of drug-likeness (QED) is 0.745. The number of aliphatic hydroxyl groups is 1. The Balaban J connectivity index is 1.61. The maximum Gasteiger partial charge on any atom is 0.114 e. The predicted molar refractivity (Wildman–Crippen MR) is 96.8 cm³/mol. The molecule has 3 heteroatoms. The van der Waals surface area contributed by atoms with Crippen molar-refractivity contribution in [1.82, 2.24) is 0 Å². The van der Waals surface area contributed by atoms with Gasteiger partial charge in [0.2, 0.25) is 0 Å². The van der Waals surface area contributed by atoms with Crippen LogP contribution in [-0.4, -0.2) is 23.5 Å². The molecular formula is C21H33NO2. The van der Waals surface area contributed by atoms with Crippen LogP contribution in [0, 0.1) is 28.6 Å². The van der Waals surface area contributed by atoms with E-state index in [1.54, 1.807) is 5.57 Å². The van der Waals surface area contributed by atoms with Gasteiger partial charge in [-0.15, -0.1) is 0 Å². The van der Waals surface area contributed by atoms with Crippen molar-refractivity contribution >= 4 is 5.71 Å². The van der Waals surface area contributed by atoms with Gasteiger partial charge >= 0.3 is 0 Å². The Labute approximate surface area is 146 Å². The summed E-state index contributed by atoms with van der Waals surface area (Å²) in [6.45, 7) is 7.52. The maximum atomic E-state index is 10.5. The number of rotatable bonds is 2. The monoisotopic (exact) mass is 331 g/mol. The minimum atomic E-state index is -0.0653. The zero-order chi connectivity index (χ0) is 16.9. The Morgan fingerprint density at radius 3 is 2.75 bits per heavy atom. The molecule has 24 heavy (non-hydrogen) atoms. The first-order valence-electron chi connectivity index (χ1n) is 10.1. The van der Waals surface area contributed by atoms with Gasteiger partial charge in [0.05, 0.1) is 11.8 Å². The first-order valence-corrected chi connectivity index (χ1v) is 10.1.